The van der Waals surface area contributed by atoms with Crippen LogP contribution in [-0.2, 0) is 23.1 Å². The van der Waals surface area contributed by atoms with Crippen LogP contribution in [0.15, 0.2) is 28.2 Å². The van der Waals surface area contributed by atoms with Crippen molar-refractivity contribution in [3.8, 4) is 5.75 Å². The van der Waals surface area contributed by atoms with Gasteiger partial charge in [-0.1, -0.05) is 0 Å². The van der Waals surface area contributed by atoms with Gasteiger partial charge < -0.3 is 10.1 Å². The third-order valence-corrected chi connectivity index (χ3v) is 6.52. The maximum absolute atomic E-state index is 12.9. The number of nitrogens with one attached hydrogen (secondary N) is 1. The molecule has 3 heterocycles. The summed E-state index contributed by atoms with van der Waals surface area (Å²) in [5.41, 5.74) is 0.767. The molecule has 1 aliphatic heterocycles. The highest BCUT2D eigenvalue weighted by Gasteiger charge is 2.31. The Kier molecular flexibility index (Phi) is 5.17. The molecule has 0 spiro atoms. The molecule has 2 aromatic heterocycles. The van der Waals surface area contributed by atoms with Gasteiger partial charge >= 0.3 is 0 Å². The Morgan fingerprint density at radius 2 is 1.96 bits per heavy atom. The molecule has 0 amide bonds. The van der Waals surface area contributed by atoms with Crippen LogP contribution in [0.25, 0.3) is 0 Å². The third-order valence-electron chi connectivity index (χ3n) is 4.52. The zero-order valence-corrected chi connectivity index (χ0v) is 15.7. The number of sulfonamides is 1. The summed E-state index contributed by atoms with van der Waals surface area (Å²) in [6.07, 6.45) is 2.85. The summed E-state index contributed by atoms with van der Waals surface area (Å²) in [4.78, 5) is 16.7. The summed E-state index contributed by atoms with van der Waals surface area (Å²) in [7, 11) is -3.56. The predicted octanol–water partition coefficient (Wildman–Crippen LogP) is 0.112. The lowest BCUT2D eigenvalue weighted by Crippen LogP contribution is -2.48. The van der Waals surface area contributed by atoms with E-state index in [9.17, 15) is 18.3 Å². The van der Waals surface area contributed by atoms with Gasteiger partial charge in [-0.05, 0) is 13.8 Å². The van der Waals surface area contributed by atoms with E-state index in [4.69, 9.17) is 0 Å². The number of aromatic nitrogens is 3. The Morgan fingerprint density at radius 3 is 2.54 bits per heavy atom. The molecule has 1 saturated heterocycles. The number of H-pyrrole nitrogens is 1. The number of pyridine rings is 1. The summed E-state index contributed by atoms with van der Waals surface area (Å²) in [6, 6.07) is 1.36. The largest absolute Gasteiger partial charge is 0.503 e. The molecule has 0 bridgehead atoms. The Bertz CT molecular complexity index is 942. The molecule has 0 aliphatic carbocycles. The minimum atomic E-state index is -3.56. The SMILES string of the molecule is CCn1cc(S(=O)(=O)N2CCN(Cc3cc(=O)c(O)c[nH]3)CC2)c(C)n1. The van der Waals surface area contributed by atoms with Gasteiger partial charge in [-0.15, -0.1) is 0 Å². The van der Waals surface area contributed by atoms with Crippen LogP contribution >= 0.6 is 0 Å². The second-order valence-corrected chi connectivity index (χ2v) is 8.23. The highest BCUT2D eigenvalue weighted by atomic mass is 32.2. The highest BCUT2D eigenvalue weighted by Crippen LogP contribution is 2.21. The topological polar surface area (TPSA) is 112 Å². The Balaban J connectivity index is 1.66. The van der Waals surface area contributed by atoms with Gasteiger partial charge in [0.2, 0.25) is 15.5 Å². The molecule has 1 fully saturated rings. The standard InChI is InChI=1S/C16H23N5O4S/c1-3-20-11-16(12(2)18-20)26(24,25)21-6-4-19(5-7-21)10-13-8-14(22)15(23)9-17-13/h8-9,11,23H,3-7,10H2,1-2H3,(H,17,22). The maximum atomic E-state index is 12.9. The minimum Gasteiger partial charge on any atom is -0.503 e. The summed E-state index contributed by atoms with van der Waals surface area (Å²) in [5.74, 6) is -0.312. The summed E-state index contributed by atoms with van der Waals surface area (Å²) in [6.45, 7) is 6.60. The third kappa shape index (κ3) is 3.67. The molecule has 0 saturated carbocycles. The van der Waals surface area contributed by atoms with E-state index >= 15 is 0 Å². The van der Waals surface area contributed by atoms with Crippen LogP contribution in [0, 0.1) is 6.92 Å². The second kappa shape index (κ2) is 7.22. The maximum Gasteiger partial charge on any atom is 0.246 e. The fourth-order valence-electron chi connectivity index (χ4n) is 3.02. The fraction of sp³-hybridized carbons (Fsp3) is 0.500. The number of piperazine rings is 1. The van der Waals surface area contributed by atoms with Gasteiger partial charge in [0.25, 0.3) is 0 Å². The predicted molar refractivity (Wildman–Crippen MR) is 95.4 cm³/mol. The fourth-order valence-corrected chi connectivity index (χ4v) is 4.61. The lowest BCUT2D eigenvalue weighted by Gasteiger charge is -2.33. The van der Waals surface area contributed by atoms with Crippen molar-refractivity contribution in [2.75, 3.05) is 26.2 Å². The first-order valence-electron chi connectivity index (χ1n) is 8.48. The van der Waals surface area contributed by atoms with Crippen molar-refractivity contribution < 1.29 is 13.5 Å². The van der Waals surface area contributed by atoms with Crippen LogP contribution in [0.5, 0.6) is 5.75 Å². The minimum absolute atomic E-state index is 0.260. The van der Waals surface area contributed by atoms with E-state index in [1.807, 2.05) is 6.92 Å². The van der Waals surface area contributed by atoms with E-state index in [2.05, 4.69) is 15.0 Å². The van der Waals surface area contributed by atoms with Gasteiger partial charge in [0, 0.05) is 63.4 Å². The highest BCUT2D eigenvalue weighted by molar-refractivity contribution is 7.89. The molecule has 2 aromatic rings. The number of aromatic hydroxyl groups is 1. The lowest BCUT2D eigenvalue weighted by atomic mass is 10.3. The van der Waals surface area contributed by atoms with Gasteiger partial charge in [0.15, 0.2) is 5.75 Å². The van der Waals surface area contributed by atoms with Gasteiger partial charge in [0.1, 0.15) is 4.90 Å². The molecule has 142 valence electrons. The van der Waals surface area contributed by atoms with Crippen LogP contribution in [0.3, 0.4) is 0 Å². The molecule has 0 radical (unpaired) electrons. The molecule has 0 atom stereocenters. The number of nitrogens with zero attached hydrogens (tertiary/aromatic N) is 4. The summed E-state index contributed by atoms with van der Waals surface area (Å²) < 4.78 is 28.8. The van der Waals surface area contributed by atoms with E-state index < -0.39 is 15.5 Å². The Labute approximate surface area is 151 Å². The van der Waals surface area contributed by atoms with Crippen molar-refractivity contribution in [2.24, 2.45) is 0 Å². The van der Waals surface area contributed by atoms with Crippen molar-refractivity contribution in [1.29, 1.82) is 0 Å². The van der Waals surface area contributed by atoms with Gasteiger partial charge in [-0.25, -0.2) is 8.42 Å². The molecule has 9 nitrogen and oxygen atoms in total. The van der Waals surface area contributed by atoms with Gasteiger partial charge in [0.05, 0.1) is 5.69 Å². The molecule has 3 rings (SSSR count). The van der Waals surface area contributed by atoms with E-state index in [0.717, 1.165) is 0 Å². The van der Waals surface area contributed by atoms with Crippen LogP contribution < -0.4 is 5.43 Å². The van der Waals surface area contributed by atoms with Crippen LogP contribution in [0.4, 0.5) is 0 Å². The number of hydrogen-bond acceptors (Lipinski definition) is 6. The molecule has 1 aliphatic rings. The van der Waals surface area contributed by atoms with E-state index in [1.54, 1.807) is 17.8 Å². The second-order valence-electron chi connectivity index (χ2n) is 6.32. The van der Waals surface area contributed by atoms with Gasteiger partial charge in [-0.3, -0.25) is 14.4 Å². The zero-order chi connectivity index (χ0) is 18.9. The molecule has 0 aromatic carbocycles. The quantitative estimate of drug-likeness (QED) is 0.760. The van der Waals surface area contributed by atoms with Crippen molar-refractivity contribution in [3.63, 3.8) is 0 Å². The molecular weight excluding hydrogens is 358 g/mol. The first-order valence-corrected chi connectivity index (χ1v) is 9.92. The lowest BCUT2D eigenvalue weighted by molar-refractivity contribution is 0.180. The summed E-state index contributed by atoms with van der Waals surface area (Å²) >= 11 is 0. The van der Waals surface area contributed by atoms with Crippen LogP contribution in [-0.4, -0.2) is 63.7 Å². The monoisotopic (exact) mass is 381 g/mol. The van der Waals surface area contributed by atoms with Gasteiger partial charge in [-0.2, -0.15) is 9.40 Å². The molecule has 2 N–H and O–H groups in total. The van der Waals surface area contributed by atoms with E-state index in [1.165, 1.54) is 16.6 Å². The number of aromatic amines is 1. The number of rotatable bonds is 5. The molecule has 10 heteroatoms. The number of aryl methyl sites for hydroxylation is 2. The van der Waals surface area contributed by atoms with E-state index in [-0.39, 0.29) is 10.6 Å². The average molecular weight is 381 g/mol. The average Bonchev–Trinajstić information content (AvgIpc) is 3.00. The Morgan fingerprint density at radius 1 is 1.27 bits per heavy atom. The summed E-state index contributed by atoms with van der Waals surface area (Å²) in [5, 5.41) is 13.5. The first-order chi connectivity index (χ1) is 12.3. The molecule has 0 unspecified atom stereocenters. The van der Waals surface area contributed by atoms with Crippen molar-refractivity contribution in [1.82, 2.24) is 24.0 Å². The smallest absolute Gasteiger partial charge is 0.246 e. The van der Waals surface area contributed by atoms with Crippen molar-refractivity contribution in [3.05, 3.63) is 40.1 Å². The first kappa shape index (κ1) is 18.6. The van der Waals surface area contributed by atoms with Crippen molar-refractivity contribution in [2.45, 2.75) is 31.8 Å². The van der Waals surface area contributed by atoms with Crippen molar-refractivity contribution >= 4 is 10.0 Å². The van der Waals surface area contributed by atoms with E-state index in [0.29, 0.717) is 50.7 Å². The van der Waals surface area contributed by atoms with Crippen LogP contribution in [0.2, 0.25) is 0 Å². The van der Waals surface area contributed by atoms with Crippen LogP contribution in [0.1, 0.15) is 18.3 Å². The zero-order valence-electron chi connectivity index (χ0n) is 14.8. The molecule has 26 heavy (non-hydrogen) atoms. The normalized spacial score (nSPS) is 16.8. The molecular formula is C16H23N5O4S. The number of hydrogen-bond donors (Lipinski definition) is 2. The Hall–Kier alpha value is -2.17.